The summed E-state index contributed by atoms with van der Waals surface area (Å²) in [4.78, 5) is 15.2. The van der Waals surface area contributed by atoms with Gasteiger partial charge in [-0.1, -0.05) is 0 Å². The minimum absolute atomic E-state index is 0.00885. The van der Waals surface area contributed by atoms with Crippen molar-refractivity contribution in [3.63, 3.8) is 0 Å². The second-order valence-corrected chi connectivity index (χ2v) is 7.84. The Morgan fingerprint density at radius 1 is 1.23 bits per heavy atom. The van der Waals surface area contributed by atoms with Crippen molar-refractivity contribution in [2.24, 2.45) is 5.92 Å². The molecule has 1 aromatic carbocycles. The van der Waals surface area contributed by atoms with Crippen LogP contribution in [0, 0.1) is 17.2 Å². The van der Waals surface area contributed by atoms with Crippen molar-refractivity contribution in [3.8, 4) is 11.8 Å². The zero-order chi connectivity index (χ0) is 18.6. The van der Waals surface area contributed by atoms with Crippen molar-refractivity contribution in [2.45, 2.75) is 31.8 Å². The highest BCUT2D eigenvalue weighted by molar-refractivity contribution is 5.78. The SMILES string of the molecule is COc1ccc(C[NH+]2CC[NH+](CC(=O)N[C@@](C)(C#N)C3CC3)CC2)cc1. The lowest BCUT2D eigenvalue weighted by molar-refractivity contribution is -1.02. The van der Waals surface area contributed by atoms with E-state index in [1.54, 1.807) is 12.0 Å². The van der Waals surface area contributed by atoms with E-state index < -0.39 is 5.54 Å². The fraction of sp³-hybridized carbons (Fsp3) is 0.600. The molecule has 6 nitrogen and oxygen atoms in total. The number of carbonyl (C=O) groups excluding carboxylic acids is 1. The molecule has 6 heteroatoms. The third-order valence-electron chi connectivity index (χ3n) is 5.71. The molecule has 3 N–H and O–H groups in total. The van der Waals surface area contributed by atoms with Crippen molar-refractivity contribution in [3.05, 3.63) is 29.8 Å². The largest absolute Gasteiger partial charge is 0.497 e. The second-order valence-electron chi connectivity index (χ2n) is 7.84. The first kappa shape index (κ1) is 18.7. The fourth-order valence-electron chi connectivity index (χ4n) is 3.79. The molecule has 0 unspecified atom stereocenters. The number of nitrogens with one attached hydrogen (secondary N) is 3. The van der Waals surface area contributed by atoms with Gasteiger partial charge in [0.2, 0.25) is 0 Å². The van der Waals surface area contributed by atoms with Gasteiger partial charge in [0.15, 0.2) is 6.54 Å². The fourth-order valence-corrected chi connectivity index (χ4v) is 3.79. The monoisotopic (exact) mass is 358 g/mol. The predicted molar refractivity (Wildman–Crippen MR) is 97.8 cm³/mol. The standard InChI is InChI=1S/C20H28N4O2/c1-20(15-21,17-5-6-17)22-19(25)14-24-11-9-23(10-12-24)13-16-3-7-18(26-2)8-4-16/h3-4,7-8,17H,5-6,9-14H2,1-2H3,(H,22,25)/p+2/t20-/m0/s1. The number of quaternary nitrogens is 2. The van der Waals surface area contributed by atoms with Crippen LogP contribution >= 0.6 is 0 Å². The smallest absolute Gasteiger partial charge is 0.276 e. The summed E-state index contributed by atoms with van der Waals surface area (Å²) in [5, 5.41) is 12.4. The molecule has 0 aromatic heterocycles. The van der Waals surface area contributed by atoms with Gasteiger partial charge in [-0.3, -0.25) is 4.79 Å². The predicted octanol–water partition coefficient (Wildman–Crippen LogP) is -1.21. The van der Waals surface area contributed by atoms with Gasteiger partial charge in [0, 0.05) is 5.56 Å². The number of amides is 1. The van der Waals surface area contributed by atoms with Gasteiger partial charge in [-0.25, -0.2) is 0 Å². The molecule has 2 fully saturated rings. The van der Waals surface area contributed by atoms with Crippen molar-refractivity contribution in [2.75, 3.05) is 39.8 Å². The van der Waals surface area contributed by atoms with Gasteiger partial charge in [0.25, 0.3) is 5.91 Å². The van der Waals surface area contributed by atoms with Gasteiger partial charge in [-0.15, -0.1) is 0 Å². The highest BCUT2D eigenvalue weighted by Crippen LogP contribution is 2.39. The van der Waals surface area contributed by atoms with E-state index in [9.17, 15) is 10.1 Å². The minimum atomic E-state index is -0.683. The molecular weight excluding hydrogens is 328 g/mol. The number of hydrogen-bond donors (Lipinski definition) is 3. The van der Waals surface area contributed by atoms with Gasteiger partial charge >= 0.3 is 0 Å². The first-order valence-electron chi connectivity index (χ1n) is 9.55. The van der Waals surface area contributed by atoms with Crippen molar-refractivity contribution >= 4 is 5.91 Å². The molecular formula is C20H30N4O2+2. The average molecular weight is 358 g/mol. The molecule has 1 amide bonds. The van der Waals surface area contributed by atoms with E-state index in [0.29, 0.717) is 12.5 Å². The lowest BCUT2D eigenvalue weighted by Gasteiger charge is -2.30. The molecule has 140 valence electrons. The van der Waals surface area contributed by atoms with Crippen LogP contribution in [0.2, 0.25) is 0 Å². The molecule has 3 rings (SSSR count). The van der Waals surface area contributed by atoms with Gasteiger partial charge in [0.05, 0.1) is 13.2 Å². The van der Waals surface area contributed by atoms with Crippen LogP contribution in [0.25, 0.3) is 0 Å². The summed E-state index contributed by atoms with van der Waals surface area (Å²) < 4.78 is 5.20. The molecule has 0 radical (unpaired) electrons. The Bertz CT molecular complexity index is 657. The lowest BCUT2D eigenvalue weighted by Crippen LogP contribution is -3.28. The molecule has 26 heavy (non-hydrogen) atoms. The summed E-state index contributed by atoms with van der Waals surface area (Å²) in [6, 6.07) is 10.6. The Morgan fingerprint density at radius 3 is 2.38 bits per heavy atom. The van der Waals surface area contributed by atoms with Crippen LogP contribution < -0.4 is 19.9 Å². The number of piperazine rings is 1. The molecule has 1 atom stereocenters. The van der Waals surface area contributed by atoms with Crippen LogP contribution in [-0.2, 0) is 11.3 Å². The van der Waals surface area contributed by atoms with Crippen LogP contribution in [0.5, 0.6) is 5.75 Å². The van der Waals surface area contributed by atoms with Crippen LogP contribution in [0.4, 0.5) is 0 Å². The number of nitriles is 1. The van der Waals surface area contributed by atoms with Gasteiger partial charge < -0.3 is 19.9 Å². The van der Waals surface area contributed by atoms with Gasteiger partial charge in [0.1, 0.15) is 44.0 Å². The van der Waals surface area contributed by atoms with Gasteiger partial charge in [-0.05, 0) is 49.9 Å². The topological polar surface area (TPSA) is 71.0 Å². The number of carbonyl (C=O) groups is 1. The molecule has 1 heterocycles. The lowest BCUT2D eigenvalue weighted by atomic mass is 9.98. The zero-order valence-electron chi connectivity index (χ0n) is 15.8. The maximum Gasteiger partial charge on any atom is 0.276 e. The Labute approximate surface area is 155 Å². The number of rotatable bonds is 7. The number of nitrogens with zero attached hydrogens (tertiary/aromatic N) is 1. The number of methoxy groups -OCH3 is 1. The molecule has 1 saturated carbocycles. The molecule has 0 bridgehead atoms. The molecule has 1 aliphatic heterocycles. The summed E-state index contributed by atoms with van der Waals surface area (Å²) in [5.74, 6) is 1.23. The van der Waals surface area contributed by atoms with E-state index >= 15 is 0 Å². The highest BCUT2D eigenvalue weighted by Gasteiger charge is 2.43. The first-order chi connectivity index (χ1) is 12.5. The molecule has 1 aromatic rings. The van der Waals surface area contributed by atoms with Crippen molar-refractivity contribution in [1.82, 2.24) is 5.32 Å². The van der Waals surface area contributed by atoms with Crippen LogP contribution in [0.3, 0.4) is 0 Å². The highest BCUT2D eigenvalue weighted by atomic mass is 16.5. The average Bonchev–Trinajstić information content (AvgIpc) is 3.49. The number of benzene rings is 1. The number of hydrogen-bond acceptors (Lipinski definition) is 3. The number of ether oxygens (including phenoxy) is 1. The Balaban J connectivity index is 1.41. The van der Waals surface area contributed by atoms with Gasteiger partial charge in [-0.2, -0.15) is 5.26 Å². The summed E-state index contributed by atoms with van der Waals surface area (Å²) in [5.41, 5.74) is 0.633. The van der Waals surface area contributed by atoms with E-state index in [2.05, 4.69) is 23.5 Å². The van der Waals surface area contributed by atoms with E-state index in [1.165, 1.54) is 10.5 Å². The maximum absolute atomic E-state index is 12.3. The van der Waals surface area contributed by atoms with E-state index in [1.807, 2.05) is 19.1 Å². The Hall–Kier alpha value is -2.10. The molecule has 1 aliphatic carbocycles. The first-order valence-corrected chi connectivity index (χ1v) is 9.55. The summed E-state index contributed by atoms with van der Waals surface area (Å²) in [6.07, 6.45) is 2.09. The van der Waals surface area contributed by atoms with E-state index in [-0.39, 0.29) is 5.91 Å². The third kappa shape index (κ3) is 4.75. The summed E-state index contributed by atoms with van der Waals surface area (Å²) in [6.45, 7) is 7.45. The quantitative estimate of drug-likeness (QED) is 0.573. The van der Waals surface area contributed by atoms with E-state index in [0.717, 1.165) is 51.3 Å². The molecule has 1 saturated heterocycles. The second kappa shape index (κ2) is 8.07. The molecule has 2 aliphatic rings. The van der Waals surface area contributed by atoms with Crippen molar-refractivity contribution in [1.29, 1.82) is 5.26 Å². The van der Waals surface area contributed by atoms with Crippen molar-refractivity contribution < 1.29 is 19.3 Å². The summed E-state index contributed by atoms with van der Waals surface area (Å²) >= 11 is 0. The Morgan fingerprint density at radius 2 is 1.85 bits per heavy atom. The third-order valence-corrected chi connectivity index (χ3v) is 5.71. The molecule has 0 spiro atoms. The maximum atomic E-state index is 12.3. The van der Waals surface area contributed by atoms with E-state index in [4.69, 9.17) is 4.74 Å². The van der Waals surface area contributed by atoms with Crippen LogP contribution in [0.1, 0.15) is 25.3 Å². The van der Waals surface area contributed by atoms with Crippen LogP contribution in [-0.4, -0.2) is 51.3 Å². The minimum Gasteiger partial charge on any atom is -0.497 e. The normalized spacial score (nSPS) is 25.0. The summed E-state index contributed by atoms with van der Waals surface area (Å²) in [7, 11) is 1.68. The van der Waals surface area contributed by atoms with Crippen LogP contribution in [0.15, 0.2) is 24.3 Å². The zero-order valence-corrected chi connectivity index (χ0v) is 15.8. The Kier molecular flexibility index (Phi) is 5.80.